The largest absolute Gasteiger partial charge is 0.373 e. The molecular weight excluding hydrogens is 330 g/mol. The van der Waals surface area contributed by atoms with E-state index >= 15 is 0 Å². The van der Waals surface area contributed by atoms with E-state index in [1.54, 1.807) is 16.8 Å². The van der Waals surface area contributed by atoms with Gasteiger partial charge in [0.25, 0.3) is 5.56 Å². The average molecular weight is 344 g/mol. The van der Waals surface area contributed by atoms with E-state index < -0.39 is 0 Å². The first-order valence-corrected chi connectivity index (χ1v) is 7.39. The molecule has 0 spiro atoms. The molecule has 4 nitrogen and oxygen atoms in total. The first-order chi connectivity index (χ1) is 10.2. The Balaban J connectivity index is 2.11. The molecule has 0 atom stereocenters. The van der Waals surface area contributed by atoms with Crippen molar-refractivity contribution in [3.05, 3.63) is 69.1 Å². The molecule has 0 fully saturated rings. The summed E-state index contributed by atoms with van der Waals surface area (Å²) in [5.74, 6) is 0.792. The summed E-state index contributed by atoms with van der Waals surface area (Å²) in [5, 5.41) is 4.17. The minimum atomic E-state index is -0.0484. The van der Waals surface area contributed by atoms with Gasteiger partial charge >= 0.3 is 0 Å². The standard InChI is InChI=1S/C16H14BrN3O/c1-18-15-12(9-11-5-2-3-7-14(11)19-15)10-20-8-4-6-13(17)16(20)21/h2-9H,10H2,1H3,(H,18,19). The third kappa shape index (κ3) is 2.69. The maximum absolute atomic E-state index is 12.1. The van der Waals surface area contributed by atoms with Gasteiger partial charge in [-0.2, -0.15) is 0 Å². The molecule has 1 N–H and O–H groups in total. The first-order valence-electron chi connectivity index (χ1n) is 6.60. The highest BCUT2D eigenvalue weighted by atomic mass is 79.9. The summed E-state index contributed by atoms with van der Waals surface area (Å²) >= 11 is 3.27. The van der Waals surface area contributed by atoms with E-state index in [-0.39, 0.29) is 5.56 Å². The van der Waals surface area contributed by atoms with E-state index in [0.29, 0.717) is 11.0 Å². The summed E-state index contributed by atoms with van der Waals surface area (Å²) in [4.78, 5) is 16.7. The number of anilines is 1. The van der Waals surface area contributed by atoms with Crippen LogP contribution in [0.1, 0.15) is 5.56 Å². The van der Waals surface area contributed by atoms with Gasteiger partial charge in [0, 0.05) is 24.2 Å². The molecule has 5 heteroatoms. The van der Waals surface area contributed by atoms with Crippen molar-refractivity contribution >= 4 is 32.7 Å². The Kier molecular flexibility index (Phi) is 3.75. The van der Waals surface area contributed by atoms with E-state index in [1.165, 1.54) is 0 Å². The third-order valence-corrected chi connectivity index (χ3v) is 3.96. The van der Waals surface area contributed by atoms with E-state index in [2.05, 4.69) is 32.3 Å². The number of hydrogen-bond acceptors (Lipinski definition) is 3. The van der Waals surface area contributed by atoms with Crippen molar-refractivity contribution < 1.29 is 0 Å². The number of pyridine rings is 2. The number of fused-ring (bicyclic) bond motifs is 1. The van der Waals surface area contributed by atoms with Gasteiger partial charge in [0.05, 0.1) is 16.5 Å². The third-order valence-electron chi connectivity index (χ3n) is 3.35. The van der Waals surface area contributed by atoms with E-state index in [0.717, 1.165) is 22.3 Å². The zero-order chi connectivity index (χ0) is 14.8. The molecule has 0 unspecified atom stereocenters. The summed E-state index contributed by atoms with van der Waals surface area (Å²) in [6, 6.07) is 13.6. The van der Waals surface area contributed by atoms with Gasteiger partial charge < -0.3 is 9.88 Å². The predicted octanol–water partition coefficient (Wildman–Crippen LogP) is 3.25. The second kappa shape index (κ2) is 5.69. The van der Waals surface area contributed by atoms with Crippen molar-refractivity contribution in [2.24, 2.45) is 0 Å². The molecular formula is C16H14BrN3O. The van der Waals surface area contributed by atoms with Gasteiger partial charge in [-0.1, -0.05) is 18.2 Å². The Bertz CT molecular complexity index is 858. The van der Waals surface area contributed by atoms with E-state index in [9.17, 15) is 4.79 Å². The monoisotopic (exact) mass is 343 g/mol. The molecule has 0 saturated heterocycles. The van der Waals surface area contributed by atoms with Crippen LogP contribution < -0.4 is 10.9 Å². The van der Waals surface area contributed by atoms with Crippen molar-refractivity contribution in [3.8, 4) is 0 Å². The van der Waals surface area contributed by atoms with Crippen molar-refractivity contribution in [2.75, 3.05) is 12.4 Å². The van der Waals surface area contributed by atoms with Crippen LogP contribution in [0.25, 0.3) is 10.9 Å². The minimum Gasteiger partial charge on any atom is -0.373 e. The maximum Gasteiger partial charge on any atom is 0.265 e. The second-order valence-corrected chi connectivity index (χ2v) is 5.58. The van der Waals surface area contributed by atoms with Gasteiger partial charge in [-0.3, -0.25) is 4.79 Å². The highest BCUT2D eigenvalue weighted by molar-refractivity contribution is 9.10. The van der Waals surface area contributed by atoms with Crippen LogP contribution in [0.4, 0.5) is 5.82 Å². The smallest absolute Gasteiger partial charge is 0.265 e. The lowest BCUT2D eigenvalue weighted by molar-refractivity contribution is 0.754. The molecule has 0 amide bonds. The lowest BCUT2D eigenvalue weighted by Crippen LogP contribution is -2.20. The topological polar surface area (TPSA) is 46.9 Å². The van der Waals surface area contributed by atoms with Crippen LogP contribution in [0.2, 0.25) is 0 Å². The fourth-order valence-corrected chi connectivity index (χ4v) is 2.69. The zero-order valence-corrected chi connectivity index (χ0v) is 13.1. The number of halogens is 1. The molecule has 0 aliphatic heterocycles. The van der Waals surface area contributed by atoms with Gasteiger partial charge in [0.2, 0.25) is 0 Å². The molecule has 0 aliphatic rings. The highest BCUT2D eigenvalue weighted by Crippen LogP contribution is 2.20. The highest BCUT2D eigenvalue weighted by Gasteiger charge is 2.08. The molecule has 0 saturated carbocycles. The summed E-state index contributed by atoms with van der Waals surface area (Å²) in [6.45, 7) is 0.478. The molecule has 21 heavy (non-hydrogen) atoms. The Morgan fingerprint density at radius 2 is 2.05 bits per heavy atom. The number of rotatable bonds is 3. The van der Waals surface area contributed by atoms with Crippen molar-refractivity contribution in [3.63, 3.8) is 0 Å². The van der Waals surface area contributed by atoms with Crippen molar-refractivity contribution in [2.45, 2.75) is 6.54 Å². The Morgan fingerprint density at radius 1 is 1.24 bits per heavy atom. The van der Waals surface area contributed by atoms with Crippen LogP contribution in [-0.2, 0) is 6.54 Å². The summed E-state index contributed by atoms with van der Waals surface area (Å²) in [5.41, 5.74) is 1.87. The van der Waals surface area contributed by atoms with Gasteiger partial charge in [0.15, 0.2) is 0 Å². The second-order valence-electron chi connectivity index (χ2n) is 4.73. The van der Waals surface area contributed by atoms with Gasteiger partial charge in [-0.25, -0.2) is 4.98 Å². The number of para-hydroxylation sites is 1. The minimum absolute atomic E-state index is 0.0484. The summed E-state index contributed by atoms with van der Waals surface area (Å²) in [7, 11) is 1.84. The van der Waals surface area contributed by atoms with Crippen LogP contribution in [0.3, 0.4) is 0 Å². The van der Waals surface area contributed by atoms with Gasteiger partial charge in [-0.15, -0.1) is 0 Å². The van der Waals surface area contributed by atoms with Crippen molar-refractivity contribution in [1.29, 1.82) is 0 Å². The first kappa shape index (κ1) is 13.8. The molecule has 0 aliphatic carbocycles. The molecule has 2 heterocycles. The number of nitrogens with zero attached hydrogens (tertiary/aromatic N) is 2. The lowest BCUT2D eigenvalue weighted by atomic mass is 10.1. The van der Waals surface area contributed by atoms with Crippen LogP contribution in [0.15, 0.2) is 57.9 Å². The number of nitrogens with one attached hydrogen (secondary N) is 1. The predicted molar refractivity (Wildman–Crippen MR) is 88.8 cm³/mol. The Morgan fingerprint density at radius 3 is 2.86 bits per heavy atom. The zero-order valence-electron chi connectivity index (χ0n) is 11.5. The fourth-order valence-electron chi connectivity index (χ4n) is 2.31. The van der Waals surface area contributed by atoms with Crippen LogP contribution in [-0.4, -0.2) is 16.6 Å². The quantitative estimate of drug-likeness (QED) is 0.793. The summed E-state index contributed by atoms with van der Waals surface area (Å²) in [6.07, 6.45) is 1.78. The number of hydrogen-bond donors (Lipinski definition) is 1. The molecule has 3 rings (SSSR count). The average Bonchev–Trinajstić information content (AvgIpc) is 2.51. The molecule has 3 aromatic rings. The van der Waals surface area contributed by atoms with Crippen LogP contribution in [0.5, 0.6) is 0 Å². The van der Waals surface area contributed by atoms with Crippen LogP contribution >= 0.6 is 15.9 Å². The van der Waals surface area contributed by atoms with E-state index in [4.69, 9.17) is 0 Å². The SMILES string of the molecule is CNc1nc2ccccc2cc1Cn1cccc(Br)c1=O. The Hall–Kier alpha value is -2.14. The number of aromatic nitrogens is 2. The van der Waals surface area contributed by atoms with Gasteiger partial charge in [0.1, 0.15) is 5.82 Å². The van der Waals surface area contributed by atoms with Crippen molar-refractivity contribution in [1.82, 2.24) is 9.55 Å². The lowest BCUT2D eigenvalue weighted by Gasteiger charge is -2.12. The molecule has 0 bridgehead atoms. The normalized spacial score (nSPS) is 10.8. The molecule has 2 aromatic heterocycles. The van der Waals surface area contributed by atoms with Gasteiger partial charge in [-0.05, 0) is 40.2 Å². The molecule has 106 valence electrons. The maximum atomic E-state index is 12.1. The number of benzene rings is 1. The molecule has 0 radical (unpaired) electrons. The summed E-state index contributed by atoms with van der Waals surface area (Å²) < 4.78 is 2.22. The Labute approximate surface area is 130 Å². The van der Waals surface area contributed by atoms with E-state index in [1.807, 2.05) is 37.4 Å². The van der Waals surface area contributed by atoms with Crippen LogP contribution in [0, 0.1) is 0 Å². The molecule has 1 aromatic carbocycles. The fraction of sp³-hybridized carbons (Fsp3) is 0.125.